The summed E-state index contributed by atoms with van der Waals surface area (Å²) in [6, 6.07) is 14.9. The van der Waals surface area contributed by atoms with Crippen molar-refractivity contribution in [1.29, 1.82) is 0 Å². The smallest absolute Gasteiger partial charge is 0.251 e. The van der Waals surface area contributed by atoms with Crippen LogP contribution in [0.25, 0.3) is 0 Å². The molecule has 1 aliphatic rings. The van der Waals surface area contributed by atoms with Crippen molar-refractivity contribution in [2.24, 2.45) is 0 Å². The first-order valence-corrected chi connectivity index (χ1v) is 11.2. The molecule has 0 bridgehead atoms. The molecule has 28 heavy (non-hydrogen) atoms. The number of hydrogen-bond acceptors (Lipinski definition) is 4. The van der Waals surface area contributed by atoms with Gasteiger partial charge in [0.1, 0.15) is 0 Å². The predicted octanol–water partition coefficient (Wildman–Crippen LogP) is 2.66. The van der Waals surface area contributed by atoms with Crippen molar-refractivity contribution in [2.45, 2.75) is 19.8 Å². The zero-order valence-corrected chi connectivity index (χ0v) is 17.2. The monoisotopic (exact) mass is 401 g/mol. The maximum Gasteiger partial charge on any atom is 0.251 e. The van der Waals surface area contributed by atoms with E-state index >= 15 is 0 Å². The Labute approximate surface area is 167 Å². The summed E-state index contributed by atoms with van der Waals surface area (Å²) in [6.07, 6.45) is 1.77. The number of benzene rings is 2. The lowest BCUT2D eigenvalue weighted by molar-refractivity contribution is 0.0956. The quantitative estimate of drug-likeness (QED) is 0.738. The van der Waals surface area contributed by atoms with Crippen LogP contribution in [-0.2, 0) is 16.4 Å². The number of hydrogen-bond donors (Lipinski definition) is 1. The second-order valence-electron chi connectivity index (χ2n) is 6.99. The van der Waals surface area contributed by atoms with E-state index in [1.54, 1.807) is 12.1 Å². The van der Waals surface area contributed by atoms with Gasteiger partial charge in [-0.3, -0.25) is 9.10 Å². The van der Waals surface area contributed by atoms with Gasteiger partial charge >= 0.3 is 0 Å². The van der Waals surface area contributed by atoms with Crippen LogP contribution in [0.3, 0.4) is 0 Å². The molecule has 0 unspecified atom stereocenters. The van der Waals surface area contributed by atoms with Crippen molar-refractivity contribution in [3.8, 4) is 0 Å². The van der Waals surface area contributed by atoms with Crippen molar-refractivity contribution in [3.05, 3.63) is 59.7 Å². The number of fused-ring (bicyclic) bond motifs is 1. The minimum Gasteiger partial charge on any atom is -0.375 e. The zero-order chi connectivity index (χ0) is 20.1. The highest BCUT2D eigenvalue weighted by Crippen LogP contribution is 2.29. The number of sulfonamides is 1. The van der Waals surface area contributed by atoms with Gasteiger partial charge in [0.2, 0.25) is 10.0 Å². The number of nitrogens with one attached hydrogen (secondary N) is 1. The molecule has 3 rings (SSSR count). The van der Waals surface area contributed by atoms with E-state index in [2.05, 4.69) is 17.1 Å². The van der Waals surface area contributed by atoms with Gasteiger partial charge in [0.05, 0.1) is 11.4 Å². The molecule has 0 fully saturated rings. The fourth-order valence-corrected chi connectivity index (χ4v) is 4.86. The first kappa shape index (κ1) is 20.2. The molecule has 150 valence electrons. The molecule has 0 aliphatic carbocycles. The summed E-state index contributed by atoms with van der Waals surface area (Å²) in [5.41, 5.74) is 3.37. The minimum atomic E-state index is -3.46. The lowest BCUT2D eigenvalue weighted by atomic mass is 10.2. The third kappa shape index (κ3) is 4.47. The Kier molecular flexibility index (Phi) is 6.24. The van der Waals surface area contributed by atoms with Crippen LogP contribution in [0.15, 0.2) is 48.5 Å². The van der Waals surface area contributed by atoms with Crippen LogP contribution in [0.5, 0.6) is 0 Å². The molecule has 0 saturated heterocycles. The highest BCUT2D eigenvalue weighted by atomic mass is 32.2. The molecule has 2 aromatic rings. The molecule has 0 radical (unpaired) electrons. The van der Waals surface area contributed by atoms with Gasteiger partial charge < -0.3 is 10.2 Å². The Hall–Kier alpha value is -2.54. The van der Waals surface area contributed by atoms with E-state index in [0.29, 0.717) is 12.1 Å². The summed E-state index contributed by atoms with van der Waals surface area (Å²) in [7, 11) is -1.45. The molecule has 1 aliphatic heterocycles. The van der Waals surface area contributed by atoms with Crippen LogP contribution in [0.2, 0.25) is 0 Å². The Morgan fingerprint density at radius 1 is 1.14 bits per heavy atom. The summed E-state index contributed by atoms with van der Waals surface area (Å²) in [6.45, 7) is 3.61. The SMILES string of the molecule is CCCN(C)c1ccc(C(=O)NCCS(=O)(=O)N2CCc3ccccc32)cc1. The van der Waals surface area contributed by atoms with E-state index in [0.717, 1.165) is 36.3 Å². The van der Waals surface area contributed by atoms with Crippen LogP contribution < -0.4 is 14.5 Å². The Morgan fingerprint density at radius 2 is 1.86 bits per heavy atom. The Balaban J connectivity index is 1.55. The van der Waals surface area contributed by atoms with Gasteiger partial charge in [-0.05, 0) is 48.7 Å². The first-order chi connectivity index (χ1) is 13.4. The lowest BCUT2D eigenvalue weighted by Crippen LogP contribution is -2.37. The number of carbonyl (C=O) groups excluding carboxylic acids is 1. The van der Waals surface area contributed by atoms with Crippen LogP contribution in [0, 0.1) is 0 Å². The maximum absolute atomic E-state index is 12.7. The van der Waals surface area contributed by atoms with Crippen molar-refractivity contribution in [2.75, 3.05) is 41.6 Å². The Morgan fingerprint density at radius 3 is 2.57 bits per heavy atom. The average Bonchev–Trinajstić information content (AvgIpc) is 3.13. The number of carbonyl (C=O) groups is 1. The minimum absolute atomic E-state index is 0.0807. The van der Waals surface area contributed by atoms with Gasteiger partial charge in [0.15, 0.2) is 0 Å². The van der Waals surface area contributed by atoms with Crippen LogP contribution in [0.1, 0.15) is 29.3 Å². The first-order valence-electron chi connectivity index (χ1n) is 9.60. The Bertz CT molecular complexity index is 926. The van der Waals surface area contributed by atoms with E-state index in [1.165, 1.54) is 4.31 Å². The van der Waals surface area contributed by atoms with E-state index in [9.17, 15) is 13.2 Å². The molecule has 6 nitrogen and oxygen atoms in total. The number of amides is 1. The second kappa shape index (κ2) is 8.65. The van der Waals surface area contributed by atoms with E-state index < -0.39 is 10.0 Å². The molecule has 0 saturated carbocycles. The number of para-hydroxylation sites is 1. The zero-order valence-electron chi connectivity index (χ0n) is 16.4. The fraction of sp³-hybridized carbons (Fsp3) is 0.381. The van der Waals surface area contributed by atoms with Crippen molar-refractivity contribution < 1.29 is 13.2 Å². The number of anilines is 2. The molecular formula is C21H27N3O3S. The molecule has 0 spiro atoms. The van der Waals surface area contributed by atoms with E-state index in [4.69, 9.17) is 0 Å². The lowest BCUT2D eigenvalue weighted by Gasteiger charge is -2.20. The maximum atomic E-state index is 12.7. The molecule has 1 amide bonds. The third-order valence-electron chi connectivity index (χ3n) is 4.96. The van der Waals surface area contributed by atoms with Gasteiger partial charge in [-0.2, -0.15) is 0 Å². The van der Waals surface area contributed by atoms with Gasteiger partial charge in [0.25, 0.3) is 5.91 Å². The standard InChI is InChI=1S/C21H27N3O3S/c1-3-14-23(2)19-10-8-18(9-11-19)21(25)22-13-16-28(26,27)24-15-12-17-6-4-5-7-20(17)24/h4-11H,3,12-16H2,1-2H3,(H,22,25). The largest absolute Gasteiger partial charge is 0.375 e. The molecule has 0 aromatic heterocycles. The fourth-order valence-electron chi connectivity index (χ4n) is 3.43. The molecule has 2 aromatic carbocycles. The van der Waals surface area contributed by atoms with Crippen LogP contribution in [-0.4, -0.2) is 46.8 Å². The molecule has 1 N–H and O–H groups in total. The predicted molar refractivity (Wildman–Crippen MR) is 114 cm³/mol. The average molecular weight is 402 g/mol. The van der Waals surface area contributed by atoms with Crippen LogP contribution in [0.4, 0.5) is 11.4 Å². The van der Waals surface area contributed by atoms with E-state index in [1.807, 2.05) is 43.4 Å². The highest BCUT2D eigenvalue weighted by Gasteiger charge is 2.28. The van der Waals surface area contributed by atoms with Crippen molar-refractivity contribution in [3.63, 3.8) is 0 Å². The van der Waals surface area contributed by atoms with Gasteiger partial charge in [0, 0.05) is 37.9 Å². The summed E-state index contributed by atoms with van der Waals surface area (Å²) >= 11 is 0. The van der Waals surface area contributed by atoms with Gasteiger partial charge in [-0.25, -0.2) is 8.42 Å². The summed E-state index contributed by atoms with van der Waals surface area (Å²) < 4.78 is 26.8. The highest BCUT2D eigenvalue weighted by molar-refractivity contribution is 7.92. The third-order valence-corrected chi connectivity index (χ3v) is 6.73. The second-order valence-corrected chi connectivity index (χ2v) is 9.00. The van der Waals surface area contributed by atoms with Crippen molar-refractivity contribution in [1.82, 2.24) is 5.32 Å². The summed E-state index contributed by atoms with van der Waals surface area (Å²) in [5, 5.41) is 2.72. The van der Waals surface area contributed by atoms with E-state index in [-0.39, 0.29) is 18.2 Å². The number of nitrogens with zero attached hydrogens (tertiary/aromatic N) is 2. The number of rotatable bonds is 8. The van der Waals surface area contributed by atoms with Gasteiger partial charge in [-0.15, -0.1) is 0 Å². The summed E-state index contributed by atoms with van der Waals surface area (Å²) in [4.78, 5) is 14.5. The summed E-state index contributed by atoms with van der Waals surface area (Å²) in [5.74, 6) is -0.383. The van der Waals surface area contributed by atoms with Gasteiger partial charge in [-0.1, -0.05) is 25.1 Å². The van der Waals surface area contributed by atoms with Crippen LogP contribution >= 0.6 is 0 Å². The molecular weight excluding hydrogens is 374 g/mol. The normalized spacial score (nSPS) is 13.3. The van der Waals surface area contributed by atoms with Crippen molar-refractivity contribution >= 4 is 27.3 Å². The molecule has 7 heteroatoms. The topological polar surface area (TPSA) is 69.7 Å². The molecule has 0 atom stereocenters. The molecule has 1 heterocycles.